The highest BCUT2D eigenvalue weighted by atomic mass is 16.7. The van der Waals surface area contributed by atoms with Crippen molar-refractivity contribution in [2.45, 2.75) is 108 Å². The summed E-state index contributed by atoms with van der Waals surface area (Å²) in [5, 5.41) is 40.5. The van der Waals surface area contributed by atoms with Gasteiger partial charge in [-0.2, -0.15) is 0 Å². The number of ketones is 1. The molecule has 1 aromatic carbocycles. The molecule has 9 nitrogen and oxygen atoms in total. The van der Waals surface area contributed by atoms with E-state index in [0.29, 0.717) is 17.8 Å². The molecule has 6 rings (SSSR count). The average molecular weight is 615 g/mol. The molecule has 0 spiro atoms. The van der Waals surface area contributed by atoms with Gasteiger partial charge < -0.3 is 39.4 Å². The van der Waals surface area contributed by atoms with Crippen LogP contribution in [0.1, 0.15) is 77.2 Å². The van der Waals surface area contributed by atoms with E-state index < -0.39 is 37.3 Å². The standard InChI is InChI=1S/C35H50O9/c1-18(37)29-24(23-15-20(41-4)7-9-27(23)42-5)16-26-22-8-6-19-14-21(10-12-34(19,2)25(22)11-13-35(26,29)3)43-33-32(40)31(39)30(38)28(17-36)44-33/h6-7,9,15,21-22,24-26,28-33,36,38-40H,8,10-14,16-17H2,1-5H3/t21?,22?,24?,25?,26?,28-,29?,30-,31+,32-,33?,34?,35?/m1/s1. The van der Waals surface area contributed by atoms with Crippen molar-refractivity contribution in [3.63, 3.8) is 0 Å². The second-order valence-corrected chi connectivity index (χ2v) is 14.5. The lowest BCUT2D eigenvalue weighted by atomic mass is 9.47. The number of ether oxygens (including phenoxy) is 4. The first kappa shape index (κ1) is 32.0. The van der Waals surface area contributed by atoms with Gasteiger partial charge in [-0.3, -0.25) is 4.79 Å². The maximum absolute atomic E-state index is 13.4. The van der Waals surface area contributed by atoms with Crippen LogP contribution in [-0.4, -0.2) is 83.8 Å². The SMILES string of the molecule is COc1ccc(OC)c(C2CC3C4CC=C5CC(OC6O[C@H](CO)[C@@H](O)[C@H](O)[C@H]6O)CCC5(C)C4CCC3(C)C2C(C)=O)c1. The normalized spacial score (nSPS) is 45.0. The molecule has 13 atom stereocenters. The summed E-state index contributed by atoms with van der Waals surface area (Å²) in [5.74, 6) is 3.25. The van der Waals surface area contributed by atoms with Crippen LogP contribution in [0.4, 0.5) is 0 Å². The molecule has 0 radical (unpaired) electrons. The third kappa shape index (κ3) is 5.03. The zero-order valence-electron chi connectivity index (χ0n) is 26.6. The molecule has 0 amide bonds. The monoisotopic (exact) mass is 614 g/mol. The number of Topliss-reactive ketones (excluding diaryl/α,β-unsaturated/α-hetero) is 1. The molecule has 4 fully saturated rings. The topological polar surface area (TPSA) is 135 Å². The average Bonchev–Trinajstić information content (AvgIpc) is 3.34. The molecule has 244 valence electrons. The molecule has 9 unspecified atom stereocenters. The fraction of sp³-hybridized carbons (Fsp3) is 0.743. The lowest BCUT2D eigenvalue weighted by molar-refractivity contribution is -0.313. The van der Waals surface area contributed by atoms with E-state index >= 15 is 0 Å². The number of hydrogen-bond donors (Lipinski definition) is 4. The summed E-state index contributed by atoms with van der Waals surface area (Å²) in [6, 6.07) is 5.94. The van der Waals surface area contributed by atoms with Crippen molar-refractivity contribution in [1.29, 1.82) is 0 Å². The number of aliphatic hydroxyl groups excluding tert-OH is 4. The van der Waals surface area contributed by atoms with E-state index in [2.05, 4.69) is 26.0 Å². The van der Waals surface area contributed by atoms with Gasteiger partial charge in [0.25, 0.3) is 0 Å². The minimum atomic E-state index is -1.45. The summed E-state index contributed by atoms with van der Waals surface area (Å²) >= 11 is 0. The van der Waals surface area contributed by atoms with Gasteiger partial charge >= 0.3 is 0 Å². The molecule has 9 heteroatoms. The summed E-state index contributed by atoms with van der Waals surface area (Å²) in [6.45, 7) is 6.06. The van der Waals surface area contributed by atoms with Crippen LogP contribution >= 0.6 is 0 Å². The first-order valence-electron chi connectivity index (χ1n) is 16.3. The minimum absolute atomic E-state index is 0.0248. The smallest absolute Gasteiger partial charge is 0.186 e. The number of allylic oxidation sites excluding steroid dienone is 1. The van der Waals surface area contributed by atoms with Crippen molar-refractivity contribution >= 4 is 5.78 Å². The molecule has 4 aliphatic carbocycles. The second kappa shape index (κ2) is 12.0. The van der Waals surface area contributed by atoms with Crippen LogP contribution in [0.25, 0.3) is 0 Å². The maximum Gasteiger partial charge on any atom is 0.186 e. The molecule has 0 bridgehead atoms. The number of rotatable bonds is 7. The van der Waals surface area contributed by atoms with Gasteiger partial charge in [0.2, 0.25) is 0 Å². The maximum atomic E-state index is 13.4. The lowest BCUT2D eigenvalue weighted by Crippen LogP contribution is -2.60. The van der Waals surface area contributed by atoms with Gasteiger partial charge in [0.1, 0.15) is 41.7 Å². The van der Waals surface area contributed by atoms with Crippen molar-refractivity contribution in [2.75, 3.05) is 20.8 Å². The number of carbonyl (C=O) groups is 1. The Balaban J connectivity index is 1.24. The summed E-state index contributed by atoms with van der Waals surface area (Å²) in [5.41, 5.74) is 2.40. The number of carbonyl (C=O) groups excluding carboxylic acids is 1. The summed E-state index contributed by atoms with van der Waals surface area (Å²) in [6.07, 6.45) is 2.34. The van der Waals surface area contributed by atoms with Crippen LogP contribution in [-0.2, 0) is 14.3 Å². The Morgan fingerprint density at radius 1 is 1.02 bits per heavy atom. The number of benzene rings is 1. The van der Waals surface area contributed by atoms with Gasteiger partial charge in [0.15, 0.2) is 6.29 Å². The number of fused-ring (bicyclic) bond motifs is 5. The first-order chi connectivity index (χ1) is 21.0. The zero-order valence-corrected chi connectivity index (χ0v) is 26.6. The molecule has 4 N–H and O–H groups in total. The van der Waals surface area contributed by atoms with Gasteiger partial charge in [-0.05, 0) is 105 Å². The second-order valence-electron chi connectivity index (χ2n) is 14.5. The van der Waals surface area contributed by atoms with E-state index in [4.69, 9.17) is 18.9 Å². The lowest BCUT2D eigenvalue weighted by Gasteiger charge is -2.58. The van der Waals surface area contributed by atoms with Crippen LogP contribution in [0.2, 0.25) is 0 Å². The molecule has 3 saturated carbocycles. The van der Waals surface area contributed by atoms with Crippen LogP contribution < -0.4 is 9.47 Å². The van der Waals surface area contributed by atoms with E-state index in [9.17, 15) is 25.2 Å². The Kier molecular flexibility index (Phi) is 8.70. The van der Waals surface area contributed by atoms with Crippen molar-refractivity contribution < 1.29 is 44.2 Å². The van der Waals surface area contributed by atoms with Crippen LogP contribution in [0, 0.1) is 34.5 Å². The van der Waals surface area contributed by atoms with Crippen LogP contribution in [0.5, 0.6) is 11.5 Å². The predicted molar refractivity (Wildman–Crippen MR) is 162 cm³/mol. The molecule has 1 saturated heterocycles. The Morgan fingerprint density at radius 3 is 2.48 bits per heavy atom. The van der Waals surface area contributed by atoms with E-state index in [1.807, 2.05) is 12.1 Å². The Bertz CT molecular complexity index is 1260. The minimum Gasteiger partial charge on any atom is -0.497 e. The van der Waals surface area contributed by atoms with Gasteiger partial charge in [-0.25, -0.2) is 0 Å². The third-order valence-corrected chi connectivity index (χ3v) is 12.6. The molecular formula is C35H50O9. The van der Waals surface area contributed by atoms with Gasteiger partial charge in [-0.15, -0.1) is 0 Å². The fourth-order valence-electron chi connectivity index (χ4n) is 10.3. The zero-order chi connectivity index (χ0) is 31.6. The number of aliphatic hydroxyl groups is 4. The largest absolute Gasteiger partial charge is 0.497 e. The highest BCUT2D eigenvalue weighted by molar-refractivity contribution is 5.81. The van der Waals surface area contributed by atoms with Gasteiger partial charge in [0.05, 0.1) is 26.9 Å². The highest BCUT2D eigenvalue weighted by Gasteiger charge is 2.62. The van der Waals surface area contributed by atoms with E-state index in [1.165, 1.54) is 5.57 Å². The van der Waals surface area contributed by atoms with Crippen LogP contribution in [0.3, 0.4) is 0 Å². The van der Waals surface area contributed by atoms with E-state index in [-0.39, 0.29) is 34.6 Å². The molecule has 1 heterocycles. The highest BCUT2D eigenvalue weighted by Crippen LogP contribution is 2.69. The molecule has 44 heavy (non-hydrogen) atoms. The van der Waals surface area contributed by atoms with Crippen molar-refractivity contribution in [3.05, 3.63) is 35.4 Å². The van der Waals surface area contributed by atoms with Crippen molar-refractivity contribution in [3.8, 4) is 11.5 Å². The van der Waals surface area contributed by atoms with Crippen LogP contribution in [0.15, 0.2) is 29.8 Å². The number of hydrogen-bond acceptors (Lipinski definition) is 9. The quantitative estimate of drug-likeness (QED) is 0.339. The van der Waals surface area contributed by atoms with Crippen molar-refractivity contribution in [1.82, 2.24) is 0 Å². The van der Waals surface area contributed by atoms with Crippen molar-refractivity contribution in [2.24, 2.45) is 34.5 Å². The Morgan fingerprint density at radius 2 is 1.80 bits per heavy atom. The van der Waals surface area contributed by atoms with Gasteiger partial charge in [0, 0.05) is 11.5 Å². The molecule has 0 aromatic heterocycles. The third-order valence-electron chi connectivity index (χ3n) is 12.6. The van der Waals surface area contributed by atoms with E-state index in [0.717, 1.165) is 62.0 Å². The molecule has 1 aromatic rings. The van der Waals surface area contributed by atoms with Gasteiger partial charge in [-0.1, -0.05) is 25.5 Å². The first-order valence-corrected chi connectivity index (χ1v) is 16.3. The molecule has 5 aliphatic rings. The summed E-state index contributed by atoms with van der Waals surface area (Å²) in [7, 11) is 3.37. The van der Waals surface area contributed by atoms with E-state index in [1.54, 1.807) is 21.1 Å². The predicted octanol–water partition coefficient (Wildman–Crippen LogP) is 3.75. The molecule has 1 aliphatic heterocycles. The Hall–Kier alpha value is -2.01. The summed E-state index contributed by atoms with van der Waals surface area (Å²) < 4.78 is 23.2. The number of methoxy groups -OCH3 is 2. The fourth-order valence-corrected chi connectivity index (χ4v) is 10.3. The summed E-state index contributed by atoms with van der Waals surface area (Å²) in [4.78, 5) is 13.4. The molecular weight excluding hydrogens is 564 g/mol. The Labute approximate surface area is 260 Å².